The molecule has 42 heavy (non-hydrogen) atoms. The van der Waals surface area contributed by atoms with E-state index in [1.165, 1.54) is 24.3 Å². The molecule has 0 fully saturated rings. The molecule has 0 radical (unpaired) electrons. The standard InChI is InChI=1S/C25H30Br2N6O7S2/c1-32(2)20-7-3-18(4-8-20)22-17-30-25(40-22)19-5-9-21(10-6-19)42(38,39)33(13-11-28-23(34)15-26)31-41(36,37)14-12-29-24(35)16-27/h3-10,17,31H,11-16H2,1-2H3,(H,28,34)(H,29,35). The van der Waals surface area contributed by atoms with E-state index < -0.39 is 44.2 Å². The van der Waals surface area contributed by atoms with Crippen LogP contribution in [0.25, 0.3) is 22.8 Å². The van der Waals surface area contributed by atoms with Crippen molar-refractivity contribution in [2.75, 3.05) is 55.0 Å². The van der Waals surface area contributed by atoms with Gasteiger partial charge in [0.05, 0.1) is 27.5 Å². The zero-order valence-electron chi connectivity index (χ0n) is 22.7. The predicted octanol–water partition coefficient (Wildman–Crippen LogP) is 1.92. The Hall–Kier alpha value is -2.83. The number of aromatic nitrogens is 1. The van der Waals surface area contributed by atoms with Crippen molar-refractivity contribution in [3.63, 3.8) is 0 Å². The molecule has 3 N–H and O–H groups in total. The molecule has 0 bridgehead atoms. The number of nitrogens with zero attached hydrogens (tertiary/aromatic N) is 3. The summed E-state index contributed by atoms with van der Waals surface area (Å²) in [6.07, 6.45) is 1.57. The maximum absolute atomic E-state index is 13.5. The van der Waals surface area contributed by atoms with E-state index in [1.807, 2.05) is 43.3 Å². The van der Waals surface area contributed by atoms with Crippen molar-refractivity contribution >= 4 is 69.4 Å². The van der Waals surface area contributed by atoms with Gasteiger partial charge in [-0.25, -0.2) is 21.8 Å². The number of alkyl halides is 2. The molecule has 0 saturated heterocycles. The molecular formula is C25H30Br2N6O7S2. The minimum absolute atomic E-state index is 0.00979. The van der Waals surface area contributed by atoms with Gasteiger partial charge < -0.3 is 20.0 Å². The lowest BCUT2D eigenvalue weighted by molar-refractivity contribution is -0.119. The number of nitrogens with one attached hydrogen (secondary N) is 3. The third-order valence-electron chi connectivity index (χ3n) is 5.68. The zero-order chi connectivity index (χ0) is 30.9. The van der Waals surface area contributed by atoms with E-state index in [0.29, 0.717) is 15.7 Å². The maximum Gasteiger partial charge on any atom is 0.256 e. The Balaban J connectivity index is 1.79. The second kappa shape index (κ2) is 15.1. The van der Waals surface area contributed by atoms with E-state index >= 15 is 0 Å². The van der Waals surface area contributed by atoms with Crippen LogP contribution in [-0.2, 0) is 29.6 Å². The van der Waals surface area contributed by atoms with Crippen LogP contribution in [0.1, 0.15) is 0 Å². The number of hydrogen-bond acceptors (Lipinski definition) is 9. The molecular weight excluding hydrogens is 720 g/mol. The lowest BCUT2D eigenvalue weighted by Crippen LogP contribution is -2.50. The number of hydrazine groups is 1. The number of oxazole rings is 1. The molecule has 0 aliphatic rings. The summed E-state index contributed by atoms with van der Waals surface area (Å²) in [6.45, 7) is -0.800. The van der Waals surface area contributed by atoms with Crippen LogP contribution in [-0.4, -0.2) is 88.2 Å². The number of carbonyl (C=O) groups is 2. The molecule has 13 nitrogen and oxygen atoms in total. The smallest absolute Gasteiger partial charge is 0.256 e. The van der Waals surface area contributed by atoms with Crippen LogP contribution in [0.5, 0.6) is 0 Å². The first kappa shape index (κ1) is 33.7. The highest BCUT2D eigenvalue weighted by atomic mass is 79.9. The van der Waals surface area contributed by atoms with Gasteiger partial charge in [-0.2, -0.15) is 0 Å². The molecule has 3 rings (SSSR count). The van der Waals surface area contributed by atoms with Gasteiger partial charge in [0, 0.05) is 50.5 Å². The fourth-order valence-electron chi connectivity index (χ4n) is 3.49. The number of hydrogen-bond donors (Lipinski definition) is 3. The summed E-state index contributed by atoms with van der Waals surface area (Å²) in [7, 11) is -4.72. The first-order chi connectivity index (χ1) is 19.9. The lowest BCUT2D eigenvalue weighted by Gasteiger charge is -2.23. The third-order valence-corrected chi connectivity index (χ3v) is 9.77. The number of rotatable bonds is 15. The number of carbonyl (C=O) groups excluding carboxylic acids is 2. The van der Waals surface area contributed by atoms with Crippen LogP contribution < -0.4 is 20.4 Å². The number of amides is 2. The summed E-state index contributed by atoms with van der Waals surface area (Å²) in [5.41, 5.74) is 2.35. The highest BCUT2D eigenvalue weighted by molar-refractivity contribution is 9.09. The summed E-state index contributed by atoms with van der Waals surface area (Å²) >= 11 is 5.95. The fourth-order valence-corrected chi connectivity index (χ4v) is 6.55. The van der Waals surface area contributed by atoms with E-state index in [0.717, 1.165) is 11.3 Å². The van der Waals surface area contributed by atoms with Gasteiger partial charge in [-0.15, -0.1) is 9.25 Å². The molecule has 1 aromatic heterocycles. The summed E-state index contributed by atoms with van der Waals surface area (Å²) in [5, 5.41) is 4.85. The fraction of sp³-hybridized carbons (Fsp3) is 0.320. The van der Waals surface area contributed by atoms with Gasteiger partial charge in [0.25, 0.3) is 10.0 Å². The van der Waals surface area contributed by atoms with Crippen LogP contribution in [0.2, 0.25) is 0 Å². The first-order valence-corrected chi connectivity index (χ1v) is 17.7. The van der Waals surface area contributed by atoms with E-state index in [9.17, 15) is 26.4 Å². The number of benzene rings is 2. The van der Waals surface area contributed by atoms with E-state index in [2.05, 4.69) is 52.3 Å². The minimum Gasteiger partial charge on any atom is -0.436 e. The van der Waals surface area contributed by atoms with Crippen LogP contribution in [0.15, 0.2) is 64.0 Å². The molecule has 2 aromatic carbocycles. The SMILES string of the molecule is CN(C)c1ccc(-c2cnc(-c3ccc(S(=O)(=O)N(CCNC(=O)CBr)NS(=O)(=O)CCNC(=O)CBr)cc3)o2)cc1. The molecule has 1 heterocycles. The van der Waals surface area contributed by atoms with Crippen LogP contribution in [0.3, 0.4) is 0 Å². The van der Waals surface area contributed by atoms with Gasteiger partial charge in [-0.05, 0) is 48.5 Å². The van der Waals surface area contributed by atoms with Gasteiger partial charge in [-0.3, -0.25) is 9.59 Å². The van der Waals surface area contributed by atoms with E-state index in [4.69, 9.17) is 4.42 Å². The van der Waals surface area contributed by atoms with Crippen molar-refractivity contribution in [3.05, 3.63) is 54.7 Å². The maximum atomic E-state index is 13.5. The second-order valence-electron chi connectivity index (χ2n) is 8.95. The molecule has 17 heteroatoms. The molecule has 3 aromatic rings. The molecule has 2 amide bonds. The average molecular weight is 750 g/mol. The van der Waals surface area contributed by atoms with Gasteiger partial charge in [0.2, 0.25) is 27.7 Å². The van der Waals surface area contributed by atoms with E-state index in [-0.39, 0.29) is 34.5 Å². The Morgan fingerprint density at radius 3 is 2.00 bits per heavy atom. The van der Waals surface area contributed by atoms with Crippen LogP contribution in [0, 0.1) is 0 Å². The van der Waals surface area contributed by atoms with Crippen molar-refractivity contribution in [2.24, 2.45) is 0 Å². The highest BCUT2D eigenvalue weighted by Crippen LogP contribution is 2.28. The van der Waals surface area contributed by atoms with Gasteiger partial charge >= 0.3 is 0 Å². The number of sulfonamides is 2. The monoisotopic (exact) mass is 748 g/mol. The van der Waals surface area contributed by atoms with Gasteiger partial charge in [-0.1, -0.05) is 31.9 Å². The number of halogens is 2. The van der Waals surface area contributed by atoms with Crippen molar-refractivity contribution in [1.82, 2.24) is 24.9 Å². The molecule has 0 unspecified atom stereocenters. The highest BCUT2D eigenvalue weighted by Gasteiger charge is 2.29. The van der Waals surface area contributed by atoms with Gasteiger partial charge in [0.15, 0.2) is 5.76 Å². The van der Waals surface area contributed by atoms with Crippen LogP contribution >= 0.6 is 31.9 Å². The summed E-state index contributed by atoms with van der Waals surface area (Å²) in [4.78, 5) is 31.1. The van der Waals surface area contributed by atoms with Crippen molar-refractivity contribution in [2.45, 2.75) is 4.90 Å². The largest absolute Gasteiger partial charge is 0.436 e. The predicted molar refractivity (Wildman–Crippen MR) is 166 cm³/mol. The number of anilines is 1. The average Bonchev–Trinajstić information content (AvgIpc) is 3.46. The molecule has 0 aliphatic carbocycles. The second-order valence-corrected chi connectivity index (χ2v) is 13.8. The third kappa shape index (κ3) is 9.34. The van der Waals surface area contributed by atoms with Crippen molar-refractivity contribution < 1.29 is 30.8 Å². The quantitative estimate of drug-likeness (QED) is 0.155. The molecule has 0 atom stereocenters. The Kier molecular flexibility index (Phi) is 12.1. The van der Waals surface area contributed by atoms with Crippen molar-refractivity contribution in [3.8, 4) is 22.8 Å². The molecule has 0 saturated carbocycles. The first-order valence-electron chi connectivity index (χ1n) is 12.4. The molecule has 0 spiro atoms. The minimum atomic E-state index is -4.40. The Labute approximate surface area is 261 Å². The van der Waals surface area contributed by atoms with Crippen molar-refractivity contribution in [1.29, 1.82) is 0 Å². The van der Waals surface area contributed by atoms with Gasteiger partial charge in [0.1, 0.15) is 0 Å². The van der Waals surface area contributed by atoms with E-state index in [1.54, 1.807) is 6.20 Å². The lowest BCUT2D eigenvalue weighted by atomic mass is 10.1. The topological polar surface area (TPSA) is 171 Å². The normalized spacial score (nSPS) is 11.8. The summed E-state index contributed by atoms with van der Waals surface area (Å²) in [5.74, 6) is -0.602. The summed E-state index contributed by atoms with van der Waals surface area (Å²) < 4.78 is 58.6. The van der Waals surface area contributed by atoms with Crippen LogP contribution in [0.4, 0.5) is 5.69 Å². The Morgan fingerprint density at radius 1 is 0.857 bits per heavy atom. The Bertz CT molecular complexity index is 1580. The summed E-state index contributed by atoms with van der Waals surface area (Å²) in [6, 6.07) is 13.3. The molecule has 228 valence electrons. The zero-order valence-corrected chi connectivity index (χ0v) is 27.5. The molecule has 0 aliphatic heterocycles. The Morgan fingerprint density at radius 2 is 1.43 bits per heavy atom.